The number of halogens is 1. The summed E-state index contributed by atoms with van der Waals surface area (Å²) in [6.07, 6.45) is 13.9. The zero-order chi connectivity index (χ0) is 18.0. The van der Waals surface area contributed by atoms with Gasteiger partial charge in [-0.25, -0.2) is 4.39 Å². The molecule has 0 bridgehead atoms. The quantitative estimate of drug-likeness (QED) is 0.518. The molecule has 2 unspecified atom stereocenters. The summed E-state index contributed by atoms with van der Waals surface area (Å²) in [5, 5.41) is 0. The molecule has 0 spiro atoms. The van der Waals surface area contributed by atoms with E-state index >= 15 is 0 Å². The highest BCUT2D eigenvalue weighted by atomic mass is 19.1. The van der Waals surface area contributed by atoms with Crippen LogP contribution < -0.4 is 0 Å². The van der Waals surface area contributed by atoms with Crippen molar-refractivity contribution < 1.29 is 4.39 Å². The average molecular weight is 336 g/mol. The number of benzene rings is 1. The van der Waals surface area contributed by atoms with Gasteiger partial charge >= 0.3 is 0 Å². The number of fused-ring (bicyclic) bond motifs is 1. The van der Waals surface area contributed by atoms with Gasteiger partial charge < -0.3 is 0 Å². The summed E-state index contributed by atoms with van der Waals surface area (Å²) in [5.41, 5.74) is 8.37. The lowest BCUT2D eigenvalue weighted by atomic mass is 9.80. The normalized spacial score (nSPS) is 22.3. The van der Waals surface area contributed by atoms with Crippen molar-refractivity contribution in [1.29, 1.82) is 0 Å². The first-order chi connectivity index (χ1) is 12.0. The molecule has 2 atom stereocenters. The Labute approximate surface area is 151 Å². The third-order valence-corrected chi connectivity index (χ3v) is 5.87. The predicted octanol–water partition coefficient (Wildman–Crippen LogP) is 6.82. The maximum Gasteiger partial charge on any atom is 0.119 e. The molecule has 0 amide bonds. The van der Waals surface area contributed by atoms with Crippen LogP contribution >= 0.6 is 0 Å². The fraction of sp³-hybridized carbons (Fsp3) is 0.417. The molecule has 0 aliphatic heterocycles. The smallest absolute Gasteiger partial charge is 0.119 e. The van der Waals surface area contributed by atoms with Gasteiger partial charge in [0.2, 0.25) is 0 Å². The van der Waals surface area contributed by atoms with E-state index in [4.69, 9.17) is 0 Å². The average Bonchev–Trinajstić information content (AvgIpc) is 2.60. The fourth-order valence-electron chi connectivity index (χ4n) is 4.55. The molecule has 0 saturated heterocycles. The Kier molecular flexibility index (Phi) is 5.42. The van der Waals surface area contributed by atoms with Crippen LogP contribution in [0.15, 0.2) is 49.4 Å². The van der Waals surface area contributed by atoms with Gasteiger partial charge in [0.1, 0.15) is 5.83 Å². The second kappa shape index (κ2) is 7.56. The molecular formula is C24H29F. The van der Waals surface area contributed by atoms with Crippen LogP contribution in [-0.4, -0.2) is 0 Å². The molecule has 0 heterocycles. The highest BCUT2D eigenvalue weighted by Crippen LogP contribution is 2.36. The van der Waals surface area contributed by atoms with Crippen LogP contribution in [0.25, 0.3) is 5.57 Å². The van der Waals surface area contributed by atoms with Gasteiger partial charge in [0.15, 0.2) is 0 Å². The van der Waals surface area contributed by atoms with E-state index in [9.17, 15) is 4.39 Å². The Balaban J connectivity index is 1.78. The Morgan fingerprint density at radius 1 is 1.28 bits per heavy atom. The van der Waals surface area contributed by atoms with Crippen molar-refractivity contribution in [2.45, 2.75) is 52.4 Å². The van der Waals surface area contributed by atoms with Crippen LogP contribution in [0, 0.1) is 25.7 Å². The number of hydrogen-bond acceptors (Lipinski definition) is 0. The molecule has 132 valence electrons. The van der Waals surface area contributed by atoms with Crippen LogP contribution in [0.5, 0.6) is 0 Å². The minimum Gasteiger partial charge on any atom is -0.207 e. The molecule has 0 radical (unpaired) electrons. The molecule has 0 fully saturated rings. The number of allylic oxidation sites excluding steroid dienone is 6. The van der Waals surface area contributed by atoms with Crippen molar-refractivity contribution in [2.75, 3.05) is 0 Å². The van der Waals surface area contributed by atoms with Crippen molar-refractivity contribution in [3.63, 3.8) is 0 Å². The van der Waals surface area contributed by atoms with Gasteiger partial charge in [-0.05, 0) is 104 Å². The van der Waals surface area contributed by atoms with Crippen LogP contribution in [0.2, 0.25) is 0 Å². The lowest BCUT2D eigenvalue weighted by Gasteiger charge is -2.25. The Morgan fingerprint density at radius 2 is 2.04 bits per heavy atom. The summed E-state index contributed by atoms with van der Waals surface area (Å²) in [4.78, 5) is 0. The van der Waals surface area contributed by atoms with E-state index in [0.717, 1.165) is 12.8 Å². The summed E-state index contributed by atoms with van der Waals surface area (Å²) in [7, 11) is 0. The molecule has 0 N–H and O–H groups in total. The molecule has 1 aromatic rings. The van der Waals surface area contributed by atoms with E-state index in [-0.39, 0.29) is 17.7 Å². The highest BCUT2D eigenvalue weighted by Gasteiger charge is 2.21. The third kappa shape index (κ3) is 3.71. The molecule has 2 aliphatic carbocycles. The second-order valence-corrected chi connectivity index (χ2v) is 7.57. The minimum absolute atomic E-state index is 0.130. The van der Waals surface area contributed by atoms with Crippen molar-refractivity contribution >= 4 is 5.57 Å². The van der Waals surface area contributed by atoms with Gasteiger partial charge in [0.05, 0.1) is 0 Å². The number of rotatable bonds is 5. The Bertz CT molecular complexity index is 748. The SMILES string of the molecule is C=CC1C=CC(F)=CC1CCC(=C)c1c(C)cc2c(c1C)CCCC2. The van der Waals surface area contributed by atoms with Gasteiger partial charge in [-0.2, -0.15) is 0 Å². The number of hydrogen-bond donors (Lipinski definition) is 0. The van der Waals surface area contributed by atoms with E-state index in [1.54, 1.807) is 17.7 Å². The van der Waals surface area contributed by atoms with Gasteiger partial charge in [0.25, 0.3) is 0 Å². The zero-order valence-electron chi connectivity index (χ0n) is 15.6. The molecule has 0 saturated carbocycles. The molecule has 0 aromatic heterocycles. The number of aryl methyl sites for hydroxylation is 2. The van der Waals surface area contributed by atoms with Crippen LogP contribution in [0.1, 0.15) is 53.5 Å². The highest BCUT2D eigenvalue weighted by molar-refractivity contribution is 5.71. The largest absolute Gasteiger partial charge is 0.207 e. The second-order valence-electron chi connectivity index (χ2n) is 7.57. The summed E-state index contributed by atoms with van der Waals surface area (Å²) >= 11 is 0. The summed E-state index contributed by atoms with van der Waals surface area (Å²) < 4.78 is 13.6. The maximum absolute atomic E-state index is 13.6. The predicted molar refractivity (Wildman–Crippen MR) is 106 cm³/mol. The molecular weight excluding hydrogens is 307 g/mol. The van der Waals surface area contributed by atoms with E-state index in [0.29, 0.717) is 0 Å². The van der Waals surface area contributed by atoms with Gasteiger partial charge in [0, 0.05) is 5.92 Å². The fourth-order valence-corrected chi connectivity index (χ4v) is 4.55. The van der Waals surface area contributed by atoms with Gasteiger partial charge in [-0.15, -0.1) is 6.58 Å². The first-order valence-electron chi connectivity index (χ1n) is 9.49. The first kappa shape index (κ1) is 17.9. The molecule has 1 heteroatoms. The molecule has 3 rings (SSSR count). The van der Waals surface area contributed by atoms with Crippen molar-refractivity contribution in [3.8, 4) is 0 Å². The first-order valence-corrected chi connectivity index (χ1v) is 9.49. The summed E-state index contributed by atoms with van der Waals surface area (Å²) in [6.45, 7) is 12.8. The van der Waals surface area contributed by atoms with E-state index in [1.807, 2.05) is 12.2 Å². The van der Waals surface area contributed by atoms with E-state index in [1.165, 1.54) is 53.5 Å². The monoisotopic (exact) mass is 336 g/mol. The lowest BCUT2D eigenvalue weighted by Crippen LogP contribution is -2.12. The van der Waals surface area contributed by atoms with Crippen LogP contribution in [-0.2, 0) is 12.8 Å². The topological polar surface area (TPSA) is 0 Å². The summed E-state index contributed by atoms with van der Waals surface area (Å²) in [6, 6.07) is 2.37. The van der Waals surface area contributed by atoms with Crippen molar-refractivity contribution in [3.05, 3.63) is 77.2 Å². The van der Waals surface area contributed by atoms with E-state index < -0.39 is 0 Å². The third-order valence-electron chi connectivity index (χ3n) is 5.87. The summed E-state index contributed by atoms with van der Waals surface area (Å²) in [5.74, 6) is 0.269. The van der Waals surface area contributed by atoms with Crippen molar-refractivity contribution in [1.82, 2.24) is 0 Å². The Morgan fingerprint density at radius 3 is 2.80 bits per heavy atom. The zero-order valence-corrected chi connectivity index (χ0v) is 15.6. The minimum atomic E-state index is -0.130. The molecule has 25 heavy (non-hydrogen) atoms. The maximum atomic E-state index is 13.6. The molecule has 1 aromatic carbocycles. The molecule has 0 nitrogen and oxygen atoms in total. The van der Waals surface area contributed by atoms with Crippen LogP contribution in [0.3, 0.4) is 0 Å². The Hall–Kier alpha value is -1.89. The standard InChI is InChI=1S/C24H29F/c1-5-19-12-13-22(25)15-20(19)11-10-16(2)24-17(3)14-21-8-6-7-9-23(21)18(24)4/h5,12-15,19-20H,1-2,6-11H2,3-4H3. The van der Waals surface area contributed by atoms with Crippen molar-refractivity contribution in [2.24, 2.45) is 11.8 Å². The van der Waals surface area contributed by atoms with Crippen LogP contribution in [0.4, 0.5) is 4.39 Å². The van der Waals surface area contributed by atoms with Gasteiger partial charge in [-0.1, -0.05) is 24.8 Å². The molecule has 2 aliphatic rings. The van der Waals surface area contributed by atoms with E-state index in [2.05, 4.69) is 33.1 Å². The lowest BCUT2D eigenvalue weighted by molar-refractivity contribution is 0.493. The van der Waals surface area contributed by atoms with Gasteiger partial charge in [-0.3, -0.25) is 0 Å².